The van der Waals surface area contributed by atoms with Gasteiger partial charge in [-0.15, -0.1) is 11.3 Å². The minimum Gasteiger partial charge on any atom is -0.333 e. The molecular weight excluding hydrogens is 318 g/mol. The Morgan fingerprint density at radius 2 is 2.36 bits per heavy atom. The fourth-order valence-corrected chi connectivity index (χ4v) is 3.82. The number of carbonyl (C=O) groups excluding carboxylic acids is 1. The molecule has 1 amide bonds. The number of aryl methyl sites for hydroxylation is 1. The van der Waals surface area contributed by atoms with Gasteiger partial charge < -0.3 is 10.2 Å². The van der Waals surface area contributed by atoms with E-state index in [1.54, 1.807) is 17.5 Å². The van der Waals surface area contributed by atoms with Crippen molar-refractivity contribution in [2.45, 2.75) is 18.9 Å². The molecule has 4 nitrogen and oxygen atoms in total. The van der Waals surface area contributed by atoms with E-state index in [-0.39, 0.29) is 11.9 Å². The summed E-state index contributed by atoms with van der Waals surface area (Å²) in [5.41, 5.74) is 1.09. The van der Waals surface area contributed by atoms with Gasteiger partial charge in [0.25, 0.3) is 0 Å². The summed E-state index contributed by atoms with van der Waals surface area (Å²) in [6, 6.07) is 7.90. The Labute approximate surface area is 139 Å². The highest BCUT2D eigenvalue weighted by Gasteiger charge is 2.27. The van der Waals surface area contributed by atoms with Gasteiger partial charge in [0.05, 0.1) is 10.4 Å². The van der Waals surface area contributed by atoms with Gasteiger partial charge in [0.2, 0.25) is 5.91 Å². The average Bonchev–Trinajstić information content (AvgIpc) is 2.99. The van der Waals surface area contributed by atoms with Crippen LogP contribution in [0.5, 0.6) is 0 Å². The fourth-order valence-electron chi connectivity index (χ4n) is 2.73. The molecule has 1 saturated heterocycles. The Morgan fingerprint density at radius 1 is 1.45 bits per heavy atom. The zero-order valence-corrected chi connectivity index (χ0v) is 13.7. The second kappa shape index (κ2) is 7.22. The van der Waals surface area contributed by atoms with Gasteiger partial charge in [0.15, 0.2) is 0 Å². The summed E-state index contributed by atoms with van der Waals surface area (Å²) in [4.78, 5) is 19.9. The molecule has 6 heteroatoms. The molecule has 116 valence electrons. The monoisotopic (exact) mass is 335 g/mol. The maximum Gasteiger partial charge on any atom is 0.223 e. The molecule has 1 unspecified atom stereocenters. The largest absolute Gasteiger partial charge is 0.333 e. The molecule has 2 aromatic rings. The maximum absolute atomic E-state index is 12.6. The van der Waals surface area contributed by atoms with Gasteiger partial charge in [-0.25, -0.2) is 0 Å². The third-order valence-electron chi connectivity index (χ3n) is 3.85. The van der Waals surface area contributed by atoms with E-state index in [2.05, 4.69) is 10.3 Å². The van der Waals surface area contributed by atoms with E-state index in [9.17, 15) is 4.79 Å². The normalized spacial score (nSPS) is 18.4. The average molecular weight is 336 g/mol. The van der Waals surface area contributed by atoms with Crippen molar-refractivity contribution in [1.82, 2.24) is 15.2 Å². The number of thiophene rings is 1. The van der Waals surface area contributed by atoms with Crippen LogP contribution < -0.4 is 5.32 Å². The minimum absolute atomic E-state index is 0.0712. The van der Waals surface area contributed by atoms with Gasteiger partial charge in [-0.2, -0.15) is 0 Å². The SMILES string of the molecule is O=C(CCc1ccc(Cl)s1)N1CCNCC1c1cccnc1. The predicted molar refractivity (Wildman–Crippen MR) is 89.2 cm³/mol. The Bertz CT molecular complexity index is 631. The smallest absolute Gasteiger partial charge is 0.223 e. The van der Waals surface area contributed by atoms with E-state index in [0.29, 0.717) is 6.42 Å². The fraction of sp³-hybridized carbons (Fsp3) is 0.375. The van der Waals surface area contributed by atoms with Crippen molar-refractivity contribution in [3.8, 4) is 0 Å². The number of amides is 1. The molecule has 0 aliphatic carbocycles. The van der Waals surface area contributed by atoms with E-state index < -0.39 is 0 Å². The van der Waals surface area contributed by atoms with Crippen molar-refractivity contribution >= 4 is 28.8 Å². The zero-order valence-electron chi connectivity index (χ0n) is 12.2. The summed E-state index contributed by atoms with van der Waals surface area (Å²) in [7, 11) is 0. The number of aromatic nitrogens is 1. The van der Waals surface area contributed by atoms with Crippen LogP contribution in [0.1, 0.15) is 22.9 Å². The number of nitrogens with one attached hydrogen (secondary N) is 1. The van der Waals surface area contributed by atoms with E-state index >= 15 is 0 Å². The van der Waals surface area contributed by atoms with Crippen LogP contribution >= 0.6 is 22.9 Å². The summed E-state index contributed by atoms with van der Waals surface area (Å²) in [5, 5.41) is 3.36. The number of hydrogen-bond acceptors (Lipinski definition) is 4. The van der Waals surface area contributed by atoms with Crippen molar-refractivity contribution in [3.05, 3.63) is 51.4 Å². The van der Waals surface area contributed by atoms with Crippen LogP contribution in [0, 0.1) is 0 Å². The Hall–Kier alpha value is -1.43. The third-order valence-corrected chi connectivity index (χ3v) is 5.14. The predicted octanol–water partition coefficient (Wildman–Crippen LogP) is 2.90. The first-order chi connectivity index (χ1) is 10.7. The van der Waals surface area contributed by atoms with Crippen molar-refractivity contribution in [2.24, 2.45) is 0 Å². The summed E-state index contributed by atoms with van der Waals surface area (Å²) >= 11 is 7.48. The number of hydrogen-bond donors (Lipinski definition) is 1. The van der Waals surface area contributed by atoms with Crippen molar-refractivity contribution in [3.63, 3.8) is 0 Å². The van der Waals surface area contributed by atoms with Crippen molar-refractivity contribution < 1.29 is 4.79 Å². The first kappa shape index (κ1) is 15.5. The minimum atomic E-state index is 0.0712. The van der Waals surface area contributed by atoms with Gasteiger partial charge in [0, 0.05) is 43.3 Å². The van der Waals surface area contributed by atoms with E-state index in [1.165, 1.54) is 0 Å². The molecule has 3 heterocycles. The highest BCUT2D eigenvalue weighted by molar-refractivity contribution is 7.16. The second-order valence-corrected chi connectivity index (χ2v) is 7.10. The van der Waals surface area contributed by atoms with E-state index in [4.69, 9.17) is 11.6 Å². The van der Waals surface area contributed by atoms with Crippen LogP contribution in [0.2, 0.25) is 4.34 Å². The lowest BCUT2D eigenvalue weighted by molar-refractivity contribution is -0.134. The quantitative estimate of drug-likeness (QED) is 0.934. The first-order valence-corrected chi connectivity index (χ1v) is 8.58. The van der Waals surface area contributed by atoms with Crippen LogP contribution in [0.3, 0.4) is 0 Å². The molecule has 22 heavy (non-hydrogen) atoms. The van der Waals surface area contributed by atoms with Gasteiger partial charge >= 0.3 is 0 Å². The molecule has 1 fully saturated rings. The molecule has 0 aromatic carbocycles. The van der Waals surface area contributed by atoms with Gasteiger partial charge in [-0.1, -0.05) is 17.7 Å². The molecular formula is C16H18ClN3OS. The van der Waals surface area contributed by atoms with Crippen molar-refractivity contribution in [1.29, 1.82) is 0 Å². The Balaban J connectivity index is 1.66. The molecule has 0 radical (unpaired) electrons. The summed E-state index contributed by atoms with van der Waals surface area (Å²) in [5.74, 6) is 0.194. The topological polar surface area (TPSA) is 45.2 Å². The van der Waals surface area contributed by atoms with Crippen LogP contribution in [0.15, 0.2) is 36.7 Å². The summed E-state index contributed by atoms with van der Waals surface area (Å²) < 4.78 is 0.776. The number of piperazine rings is 1. The van der Waals surface area contributed by atoms with Gasteiger partial charge in [-0.05, 0) is 30.2 Å². The molecule has 0 bridgehead atoms. The lowest BCUT2D eigenvalue weighted by atomic mass is 10.0. The number of pyridine rings is 1. The zero-order chi connectivity index (χ0) is 15.4. The highest BCUT2D eigenvalue weighted by Crippen LogP contribution is 2.25. The van der Waals surface area contributed by atoms with Crippen LogP contribution in [-0.2, 0) is 11.2 Å². The Kier molecular flexibility index (Phi) is 5.08. The highest BCUT2D eigenvalue weighted by atomic mass is 35.5. The summed E-state index contributed by atoms with van der Waals surface area (Å²) in [6.07, 6.45) is 4.87. The maximum atomic E-state index is 12.6. The lowest BCUT2D eigenvalue weighted by Crippen LogP contribution is -2.48. The molecule has 1 atom stereocenters. The molecule has 0 saturated carbocycles. The van der Waals surface area contributed by atoms with E-state index in [0.717, 1.165) is 40.8 Å². The van der Waals surface area contributed by atoms with E-state index in [1.807, 2.05) is 35.4 Å². The van der Waals surface area contributed by atoms with Crippen LogP contribution in [0.4, 0.5) is 0 Å². The number of halogens is 1. The summed E-state index contributed by atoms with van der Waals surface area (Å²) in [6.45, 7) is 2.36. The standard InChI is InChI=1S/C16H18ClN3OS/c17-15-5-3-13(22-15)4-6-16(21)20-9-8-19-11-14(20)12-2-1-7-18-10-12/h1-3,5,7,10,14,19H,4,6,8-9,11H2. The second-order valence-electron chi connectivity index (χ2n) is 5.30. The number of nitrogens with zero attached hydrogens (tertiary/aromatic N) is 2. The number of carbonyl (C=O) groups is 1. The Morgan fingerprint density at radius 3 is 3.09 bits per heavy atom. The molecule has 1 N–H and O–H groups in total. The third kappa shape index (κ3) is 3.66. The van der Waals surface area contributed by atoms with Gasteiger partial charge in [-0.3, -0.25) is 9.78 Å². The molecule has 1 aliphatic heterocycles. The first-order valence-electron chi connectivity index (χ1n) is 7.38. The van der Waals surface area contributed by atoms with Crippen LogP contribution in [-0.4, -0.2) is 35.4 Å². The molecule has 1 aliphatic rings. The molecule has 2 aromatic heterocycles. The van der Waals surface area contributed by atoms with Gasteiger partial charge in [0.1, 0.15) is 0 Å². The number of rotatable bonds is 4. The van der Waals surface area contributed by atoms with Crippen molar-refractivity contribution in [2.75, 3.05) is 19.6 Å². The molecule has 0 spiro atoms. The lowest BCUT2D eigenvalue weighted by Gasteiger charge is -2.36. The molecule has 3 rings (SSSR count). The van der Waals surface area contributed by atoms with Crippen LogP contribution in [0.25, 0.3) is 0 Å².